The molecule has 3 rings (SSSR count). The van der Waals surface area contributed by atoms with E-state index in [1.807, 2.05) is 24.3 Å². The van der Waals surface area contributed by atoms with Crippen LogP contribution in [0.5, 0.6) is 0 Å². The van der Waals surface area contributed by atoms with E-state index in [0.717, 1.165) is 5.69 Å². The zero-order chi connectivity index (χ0) is 20.1. The summed E-state index contributed by atoms with van der Waals surface area (Å²) in [5.41, 5.74) is 1.49. The minimum absolute atomic E-state index is 0.178. The van der Waals surface area contributed by atoms with Gasteiger partial charge in [-0.3, -0.25) is 4.79 Å². The molecule has 1 saturated heterocycles. The number of carbonyl (C=O) groups is 1. The predicted molar refractivity (Wildman–Crippen MR) is 110 cm³/mol. The summed E-state index contributed by atoms with van der Waals surface area (Å²) >= 11 is 6.24. The second-order valence-corrected chi connectivity index (χ2v) is 8.72. The van der Waals surface area contributed by atoms with Gasteiger partial charge in [-0.2, -0.15) is 4.31 Å². The van der Waals surface area contributed by atoms with Gasteiger partial charge in [-0.15, -0.1) is 0 Å². The molecule has 1 aliphatic heterocycles. The van der Waals surface area contributed by atoms with Crippen LogP contribution in [0.3, 0.4) is 0 Å². The Hall–Kier alpha value is -2.19. The Bertz CT molecular complexity index is 983. The van der Waals surface area contributed by atoms with Crippen LogP contribution >= 0.6 is 11.6 Å². The maximum atomic E-state index is 13.0. The summed E-state index contributed by atoms with van der Waals surface area (Å²) in [7, 11) is -3.64. The lowest BCUT2D eigenvalue weighted by atomic mass is 10.2. The van der Waals surface area contributed by atoms with Crippen molar-refractivity contribution < 1.29 is 18.3 Å². The van der Waals surface area contributed by atoms with Crippen molar-refractivity contribution in [2.75, 3.05) is 37.7 Å². The zero-order valence-corrected chi connectivity index (χ0v) is 16.7. The van der Waals surface area contributed by atoms with E-state index in [4.69, 9.17) is 16.7 Å². The lowest BCUT2D eigenvalue weighted by Crippen LogP contribution is -2.48. The lowest BCUT2D eigenvalue weighted by molar-refractivity contribution is -0.117. The van der Waals surface area contributed by atoms with Crippen LogP contribution in [0, 0.1) is 0 Å². The molecule has 0 aromatic heterocycles. The second-order valence-electron chi connectivity index (χ2n) is 6.37. The molecule has 0 amide bonds. The minimum Gasteiger partial charge on any atom is -0.388 e. The third-order valence-electron chi connectivity index (χ3n) is 4.55. The number of hydrogen-bond acceptors (Lipinski definition) is 5. The van der Waals surface area contributed by atoms with Crippen molar-refractivity contribution in [1.29, 1.82) is 0 Å². The number of piperazine rings is 1. The van der Waals surface area contributed by atoms with Gasteiger partial charge in [0.15, 0.2) is 5.78 Å². The molecule has 0 unspecified atom stereocenters. The molecule has 148 valence electrons. The van der Waals surface area contributed by atoms with Crippen molar-refractivity contribution in [3.63, 3.8) is 0 Å². The van der Waals surface area contributed by atoms with Gasteiger partial charge in [-0.25, -0.2) is 8.42 Å². The van der Waals surface area contributed by atoms with Crippen molar-refractivity contribution in [3.05, 3.63) is 65.2 Å². The van der Waals surface area contributed by atoms with Gasteiger partial charge in [-0.1, -0.05) is 41.9 Å². The predicted octanol–water partition coefficient (Wildman–Crippen LogP) is 2.43. The van der Waals surface area contributed by atoms with Gasteiger partial charge in [0.25, 0.3) is 0 Å². The van der Waals surface area contributed by atoms with Gasteiger partial charge in [0.1, 0.15) is 6.61 Å². The number of sulfonamides is 1. The summed E-state index contributed by atoms with van der Waals surface area (Å²) in [5, 5.41) is 9.42. The van der Waals surface area contributed by atoms with E-state index in [9.17, 15) is 13.2 Å². The monoisotopic (exact) mass is 420 g/mol. The van der Waals surface area contributed by atoms with Gasteiger partial charge >= 0.3 is 0 Å². The van der Waals surface area contributed by atoms with E-state index in [1.165, 1.54) is 22.5 Å². The van der Waals surface area contributed by atoms with Crippen LogP contribution in [0.1, 0.15) is 5.56 Å². The molecule has 0 atom stereocenters. The van der Waals surface area contributed by atoms with Crippen LogP contribution in [0.15, 0.2) is 59.5 Å². The first kappa shape index (κ1) is 20.5. The van der Waals surface area contributed by atoms with Crippen LogP contribution in [-0.2, 0) is 14.8 Å². The van der Waals surface area contributed by atoms with E-state index in [0.29, 0.717) is 36.8 Å². The zero-order valence-electron chi connectivity index (χ0n) is 15.2. The van der Waals surface area contributed by atoms with Crippen LogP contribution in [-0.4, -0.2) is 56.4 Å². The summed E-state index contributed by atoms with van der Waals surface area (Å²) in [5.74, 6) is -0.441. The second kappa shape index (κ2) is 8.87. The maximum absolute atomic E-state index is 13.0. The number of hydrogen-bond donors (Lipinski definition) is 1. The lowest BCUT2D eigenvalue weighted by Gasteiger charge is -2.35. The fourth-order valence-corrected chi connectivity index (χ4v) is 4.78. The third-order valence-corrected chi connectivity index (χ3v) is 6.76. The van der Waals surface area contributed by atoms with Gasteiger partial charge in [0.05, 0.1) is 15.6 Å². The van der Waals surface area contributed by atoms with Gasteiger partial charge in [0.2, 0.25) is 10.0 Å². The molecule has 28 heavy (non-hydrogen) atoms. The summed E-state index contributed by atoms with van der Waals surface area (Å²) in [6, 6.07) is 13.9. The molecule has 1 fully saturated rings. The number of rotatable bonds is 6. The van der Waals surface area contributed by atoms with Crippen LogP contribution in [0.2, 0.25) is 5.02 Å². The normalized spacial score (nSPS) is 15.9. The van der Waals surface area contributed by atoms with Crippen molar-refractivity contribution >= 4 is 39.2 Å². The van der Waals surface area contributed by atoms with Crippen LogP contribution < -0.4 is 4.90 Å². The Balaban J connectivity index is 1.73. The SMILES string of the molecule is O=C(/C=C/c1cccc(S(=O)(=O)N2CCN(c3ccccc3Cl)CC2)c1)CO. The number of nitrogens with zero attached hydrogens (tertiary/aromatic N) is 2. The number of carbonyl (C=O) groups excluding carboxylic acids is 1. The smallest absolute Gasteiger partial charge is 0.243 e. The Labute approximate surface area is 169 Å². The van der Waals surface area contributed by atoms with Gasteiger partial charge < -0.3 is 10.0 Å². The Morgan fingerprint density at radius 3 is 2.46 bits per heavy atom. The number of ketones is 1. The highest BCUT2D eigenvalue weighted by molar-refractivity contribution is 7.89. The molecular formula is C20H21ClN2O4S. The highest BCUT2D eigenvalue weighted by Gasteiger charge is 2.29. The molecule has 0 radical (unpaired) electrons. The number of para-hydroxylation sites is 1. The van der Waals surface area contributed by atoms with E-state index in [-0.39, 0.29) is 4.90 Å². The Morgan fingerprint density at radius 1 is 1.07 bits per heavy atom. The highest BCUT2D eigenvalue weighted by Crippen LogP contribution is 2.27. The average Bonchev–Trinajstić information content (AvgIpc) is 2.72. The molecule has 2 aromatic carbocycles. The molecule has 1 N–H and O–H groups in total. The first-order valence-electron chi connectivity index (χ1n) is 8.83. The quantitative estimate of drug-likeness (QED) is 0.726. The standard InChI is InChI=1S/C20H21ClN2O4S/c21-19-6-1-2-7-20(19)22-10-12-23(13-11-22)28(26,27)18-5-3-4-16(14-18)8-9-17(25)15-24/h1-9,14,24H,10-13,15H2/b9-8+. The highest BCUT2D eigenvalue weighted by atomic mass is 35.5. The summed E-state index contributed by atoms with van der Waals surface area (Å²) in [6.45, 7) is 1.23. The van der Waals surface area contributed by atoms with Crippen molar-refractivity contribution in [3.8, 4) is 0 Å². The number of aliphatic hydroxyl groups is 1. The molecule has 2 aromatic rings. The molecule has 6 nitrogen and oxygen atoms in total. The van der Waals surface area contributed by atoms with Crippen molar-refractivity contribution in [2.45, 2.75) is 4.90 Å². The maximum Gasteiger partial charge on any atom is 0.243 e. The van der Waals surface area contributed by atoms with Crippen molar-refractivity contribution in [2.24, 2.45) is 0 Å². The Kier molecular flexibility index (Phi) is 6.51. The summed E-state index contributed by atoms with van der Waals surface area (Å²) < 4.78 is 27.4. The fraction of sp³-hybridized carbons (Fsp3) is 0.250. The number of halogens is 1. The molecule has 1 heterocycles. The minimum atomic E-state index is -3.64. The fourth-order valence-electron chi connectivity index (χ4n) is 3.05. The Morgan fingerprint density at radius 2 is 1.79 bits per heavy atom. The van der Waals surface area contributed by atoms with Crippen LogP contribution in [0.4, 0.5) is 5.69 Å². The summed E-state index contributed by atoms with van der Waals surface area (Å²) in [6.07, 6.45) is 2.72. The van der Waals surface area contributed by atoms with Crippen molar-refractivity contribution in [1.82, 2.24) is 4.31 Å². The topological polar surface area (TPSA) is 77.9 Å². The van der Waals surface area contributed by atoms with Gasteiger partial charge in [-0.05, 0) is 35.9 Å². The molecule has 1 aliphatic rings. The van der Waals surface area contributed by atoms with Crippen LogP contribution in [0.25, 0.3) is 6.08 Å². The third kappa shape index (κ3) is 4.62. The van der Waals surface area contributed by atoms with E-state index in [2.05, 4.69) is 4.90 Å². The van der Waals surface area contributed by atoms with E-state index < -0.39 is 22.4 Å². The molecule has 0 spiro atoms. The number of anilines is 1. The molecule has 0 aliphatic carbocycles. The largest absolute Gasteiger partial charge is 0.388 e. The van der Waals surface area contributed by atoms with Gasteiger partial charge in [0, 0.05) is 26.2 Å². The molecule has 8 heteroatoms. The molecule has 0 saturated carbocycles. The molecule has 0 bridgehead atoms. The van der Waals surface area contributed by atoms with E-state index >= 15 is 0 Å². The van der Waals surface area contributed by atoms with E-state index in [1.54, 1.807) is 18.2 Å². The number of aliphatic hydroxyl groups excluding tert-OH is 1. The summed E-state index contributed by atoms with van der Waals surface area (Å²) in [4.78, 5) is 13.5. The first-order chi connectivity index (χ1) is 13.4. The average molecular weight is 421 g/mol. The first-order valence-corrected chi connectivity index (χ1v) is 10.6. The number of benzene rings is 2. The molecular weight excluding hydrogens is 400 g/mol.